The van der Waals surface area contributed by atoms with Gasteiger partial charge in [-0.15, -0.1) is 0 Å². The highest BCUT2D eigenvalue weighted by molar-refractivity contribution is 9.10. The number of amides is 2. The zero-order chi connectivity index (χ0) is 29.1. The minimum atomic E-state index is -3.26. The number of hydrogen-bond acceptors (Lipinski definition) is 4. The number of nitrogens with zero attached hydrogens (tertiary/aromatic N) is 2. The number of rotatable bonds is 6. The SMILES string of the molecule is C[C@H]1[C@H]([Si](C)(C)F)[C@@H](CCO)O[C@]12C(=O)N(Cc1cccc(N3C(=O)CCc4ccccc43)c1)c1ccc(Br)cc12. The maximum Gasteiger partial charge on any atom is 0.264 e. The molecule has 4 atom stereocenters. The number of hydrogen-bond donors (Lipinski definition) is 1. The van der Waals surface area contributed by atoms with Gasteiger partial charge >= 0.3 is 0 Å². The molecular weight excluding hydrogens is 603 g/mol. The summed E-state index contributed by atoms with van der Waals surface area (Å²) in [4.78, 5) is 31.0. The molecule has 6 rings (SSSR count). The Kier molecular flexibility index (Phi) is 7.21. The van der Waals surface area contributed by atoms with Crippen molar-refractivity contribution >= 4 is 53.2 Å². The van der Waals surface area contributed by atoms with E-state index in [0.29, 0.717) is 6.42 Å². The monoisotopic (exact) mass is 636 g/mol. The van der Waals surface area contributed by atoms with Gasteiger partial charge in [-0.2, -0.15) is 0 Å². The van der Waals surface area contributed by atoms with E-state index in [1.165, 1.54) is 0 Å². The summed E-state index contributed by atoms with van der Waals surface area (Å²) < 4.78 is 23.2. The second-order valence-corrected chi connectivity index (χ2v) is 16.6. The number of para-hydroxylation sites is 1. The topological polar surface area (TPSA) is 70.1 Å². The van der Waals surface area contributed by atoms with Crippen LogP contribution in [0.3, 0.4) is 0 Å². The van der Waals surface area contributed by atoms with E-state index in [0.717, 1.165) is 44.6 Å². The van der Waals surface area contributed by atoms with Gasteiger partial charge in [0, 0.05) is 40.2 Å². The summed E-state index contributed by atoms with van der Waals surface area (Å²) in [6.45, 7) is 5.37. The van der Waals surface area contributed by atoms with Crippen molar-refractivity contribution in [3.63, 3.8) is 0 Å². The Morgan fingerprint density at radius 2 is 1.83 bits per heavy atom. The highest BCUT2D eigenvalue weighted by atomic mass is 79.9. The van der Waals surface area contributed by atoms with Crippen LogP contribution in [0.25, 0.3) is 0 Å². The highest BCUT2D eigenvalue weighted by Gasteiger charge is 2.66. The Hall–Kier alpha value is -2.85. The van der Waals surface area contributed by atoms with E-state index >= 15 is 4.11 Å². The van der Waals surface area contributed by atoms with Crippen molar-refractivity contribution < 1.29 is 23.5 Å². The lowest BCUT2D eigenvalue weighted by atomic mass is 9.82. The van der Waals surface area contributed by atoms with Crippen molar-refractivity contribution in [1.82, 2.24) is 0 Å². The Labute approximate surface area is 249 Å². The van der Waals surface area contributed by atoms with E-state index in [-0.39, 0.29) is 31.4 Å². The minimum Gasteiger partial charge on any atom is -0.396 e. The number of halogens is 2. The molecule has 0 aromatic heterocycles. The molecule has 1 saturated heterocycles. The predicted molar refractivity (Wildman–Crippen MR) is 163 cm³/mol. The molecule has 3 aromatic rings. The number of aryl methyl sites for hydroxylation is 1. The average Bonchev–Trinajstić information content (AvgIpc) is 3.35. The van der Waals surface area contributed by atoms with Gasteiger partial charge in [-0.25, -0.2) is 0 Å². The zero-order valence-electron chi connectivity index (χ0n) is 23.4. The third-order valence-corrected chi connectivity index (χ3v) is 11.9. The Morgan fingerprint density at radius 3 is 2.59 bits per heavy atom. The Morgan fingerprint density at radius 1 is 1.05 bits per heavy atom. The molecule has 3 aliphatic rings. The molecule has 0 radical (unpaired) electrons. The second-order valence-electron chi connectivity index (χ2n) is 11.9. The first-order valence-corrected chi connectivity index (χ1v) is 17.9. The molecule has 6 nitrogen and oxygen atoms in total. The number of ether oxygens (including phenoxy) is 1. The van der Waals surface area contributed by atoms with Gasteiger partial charge in [0.2, 0.25) is 14.3 Å². The van der Waals surface area contributed by atoms with Gasteiger partial charge < -0.3 is 18.9 Å². The van der Waals surface area contributed by atoms with Crippen LogP contribution in [0, 0.1) is 5.92 Å². The number of carbonyl (C=O) groups is 2. The summed E-state index contributed by atoms with van der Waals surface area (Å²) in [5.41, 5.74) is 3.33. The summed E-state index contributed by atoms with van der Waals surface area (Å²) in [5.74, 6) is -0.587. The van der Waals surface area contributed by atoms with E-state index in [1.807, 2.05) is 67.6 Å². The third-order valence-electron chi connectivity index (χ3n) is 8.94. The van der Waals surface area contributed by atoms with Crippen LogP contribution in [0.5, 0.6) is 0 Å². The van der Waals surface area contributed by atoms with Crippen LogP contribution >= 0.6 is 15.9 Å². The number of carbonyl (C=O) groups excluding carboxylic acids is 2. The minimum absolute atomic E-state index is 0.0411. The lowest BCUT2D eigenvalue weighted by Gasteiger charge is -2.31. The molecule has 3 aliphatic heterocycles. The number of aliphatic hydroxyl groups is 1. The fourth-order valence-electron chi connectivity index (χ4n) is 7.26. The smallest absolute Gasteiger partial charge is 0.264 e. The predicted octanol–water partition coefficient (Wildman–Crippen LogP) is 6.76. The van der Waals surface area contributed by atoms with Gasteiger partial charge in [0.15, 0.2) is 5.60 Å². The first-order valence-electron chi connectivity index (χ1n) is 14.2. The van der Waals surface area contributed by atoms with Crippen LogP contribution in [0.1, 0.15) is 36.5 Å². The first-order chi connectivity index (χ1) is 19.6. The van der Waals surface area contributed by atoms with Gasteiger partial charge in [0.25, 0.3) is 5.91 Å². The van der Waals surface area contributed by atoms with Gasteiger partial charge in [-0.3, -0.25) is 14.5 Å². The molecule has 1 fully saturated rings. The lowest BCUT2D eigenvalue weighted by Crippen LogP contribution is -2.45. The summed E-state index contributed by atoms with van der Waals surface area (Å²) in [6, 6.07) is 21.4. The largest absolute Gasteiger partial charge is 0.396 e. The molecule has 0 unspecified atom stereocenters. The maximum absolute atomic E-state index is 15.7. The van der Waals surface area contributed by atoms with Crippen molar-refractivity contribution in [3.8, 4) is 0 Å². The first kappa shape index (κ1) is 28.3. The van der Waals surface area contributed by atoms with Crippen LogP contribution in [0.4, 0.5) is 21.2 Å². The summed E-state index contributed by atoms with van der Waals surface area (Å²) in [6.07, 6.45) is 0.889. The molecule has 3 heterocycles. The standard InChI is InChI=1S/C32H34BrFN2O4Si/c1-20-30(41(2,3)34)28(15-16-37)40-32(20)25-18-23(33)12-13-27(25)35(31(32)39)19-21-7-6-9-24(17-21)36-26-10-5-4-8-22(26)11-14-29(36)38/h4-10,12-13,17-18,20,28,30,37H,11,14-16,19H2,1-3H3/t20-,28+,30-,32+/m0/s1. The van der Waals surface area contributed by atoms with Gasteiger partial charge in [0.1, 0.15) is 0 Å². The van der Waals surface area contributed by atoms with Gasteiger partial charge in [-0.05, 0) is 73.5 Å². The number of anilines is 3. The van der Waals surface area contributed by atoms with Crippen molar-refractivity contribution in [2.45, 2.75) is 63.1 Å². The summed E-state index contributed by atoms with van der Waals surface area (Å²) in [7, 11) is -3.26. The van der Waals surface area contributed by atoms with E-state index < -0.39 is 31.6 Å². The molecule has 41 heavy (non-hydrogen) atoms. The fraction of sp³-hybridized carbons (Fsp3) is 0.375. The number of aliphatic hydroxyl groups excluding tert-OH is 1. The van der Waals surface area contributed by atoms with Crippen molar-refractivity contribution in [1.29, 1.82) is 0 Å². The molecule has 0 aliphatic carbocycles. The third kappa shape index (κ3) is 4.58. The van der Waals surface area contributed by atoms with E-state index in [2.05, 4.69) is 22.0 Å². The quantitative estimate of drug-likeness (QED) is 0.240. The maximum atomic E-state index is 15.7. The highest BCUT2D eigenvalue weighted by Crippen LogP contribution is 2.60. The molecule has 0 bridgehead atoms. The fourth-order valence-corrected chi connectivity index (χ4v) is 10.2. The summed E-state index contributed by atoms with van der Waals surface area (Å²) in [5, 5.41) is 9.78. The van der Waals surface area contributed by atoms with Gasteiger partial charge in [-0.1, -0.05) is 53.2 Å². The van der Waals surface area contributed by atoms with Crippen LogP contribution < -0.4 is 9.80 Å². The van der Waals surface area contributed by atoms with Crippen LogP contribution in [-0.2, 0) is 32.9 Å². The molecule has 3 aromatic carbocycles. The van der Waals surface area contributed by atoms with E-state index in [1.54, 1.807) is 22.9 Å². The Balaban J connectivity index is 1.39. The molecule has 9 heteroatoms. The molecule has 1 N–H and O–H groups in total. The van der Waals surface area contributed by atoms with Crippen LogP contribution in [-0.4, -0.2) is 38.0 Å². The van der Waals surface area contributed by atoms with Crippen molar-refractivity contribution in [2.24, 2.45) is 5.92 Å². The average molecular weight is 638 g/mol. The van der Waals surface area contributed by atoms with Crippen molar-refractivity contribution in [2.75, 3.05) is 16.4 Å². The summed E-state index contributed by atoms with van der Waals surface area (Å²) >= 11 is 3.57. The molecular formula is C32H34BrFN2O4Si. The lowest BCUT2D eigenvalue weighted by molar-refractivity contribution is -0.146. The number of fused-ring (bicyclic) bond motifs is 3. The van der Waals surface area contributed by atoms with E-state index in [9.17, 15) is 14.7 Å². The normalized spacial score (nSPS) is 25.7. The Bertz CT molecular complexity index is 1530. The van der Waals surface area contributed by atoms with Crippen LogP contribution in [0.15, 0.2) is 71.2 Å². The van der Waals surface area contributed by atoms with Crippen LogP contribution in [0.2, 0.25) is 18.6 Å². The second kappa shape index (κ2) is 10.5. The zero-order valence-corrected chi connectivity index (χ0v) is 26.0. The molecule has 1 spiro atoms. The number of benzene rings is 3. The molecule has 214 valence electrons. The molecule has 2 amide bonds. The van der Waals surface area contributed by atoms with E-state index in [4.69, 9.17) is 4.74 Å². The van der Waals surface area contributed by atoms with Crippen molar-refractivity contribution in [3.05, 3.63) is 87.9 Å². The molecule has 0 saturated carbocycles. The van der Waals surface area contributed by atoms with Gasteiger partial charge in [0.05, 0.1) is 24.0 Å².